The number of nitrogens with zero attached hydrogens (tertiary/aromatic N) is 3. The van der Waals surface area contributed by atoms with Crippen molar-refractivity contribution in [3.8, 4) is 0 Å². The summed E-state index contributed by atoms with van der Waals surface area (Å²) in [5, 5.41) is 4.99. The fraction of sp³-hybridized carbons (Fsp3) is 0.133. The zero-order valence-electron chi connectivity index (χ0n) is 11.7. The molecule has 1 amide bonds. The summed E-state index contributed by atoms with van der Waals surface area (Å²) in [6.45, 7) is 1.95. The van der Waals surface area contributed by atoms with Crippen LogP contribution in [-0.2, 0) is 0 Å². The van der Waals surface area contributed by atoms with E-state index in [1.807, 2.05) is 41.1 Å². The van der Waals surface area contributed by atoms with E-state index >= 15 is 0 Å². The van der Waals surface area contributed by atoms with E-state index in [4.69, 9.17) is 0 Å². The molecule has 0 aliphatic carbocycles. The molecule has 4 rings (SSSR count). The van der Waals surface area contributed by atoms with Crippen molar-refractivity contribution in [1.29, 1.82) is 0 Å². The van der Waals surface area contributed by atoms with Gasteiger partial charge in [0.25, 0.3) is 5.91 Å². The highest BCUT2D eigenvalue weighted by molar-refractivity contribution is 7.21. The maximum atomic E-state index is 12.4. The number of imidazole rings is 1. The molecule has 0 radical (unpaired) electrons. The van der Waals surface area contributed by atoms with Crippen LogP contribution in [0.15, 0.2) is 42.2 Å². The van der Waals surface area contributed by atoms with Crippen molar-refractivity contribution >= 4 is 43.9 Å². The molecule has 1 N–H and O–H groups in total. The highest BCUT2D eigenvalue weighted by Crippen LogP contribution is 2.28. The Bertz CT molecular complexity index is 954. The molecule has 0 aromatic carbocycles. The van der Waals surface area contributed by atoms with Crippen molar-refractivity contribution in [3.63, 3.8) is 0 Å². The minimum atomic E-state index is -0.0839. The van der Waals surface area contributed by atoms with Crippen molar-refractivity contribution < 1.29 is 4.79 Å². The molecule has 0 saturated heterocycles. The van der Waals surface area contributed by atoms with Gasteiger partial charge in [0.1, 0.15) is 4.83 Å². The average molecular weight is 328 g/mol. The molecule has 0 bridgehead atoms. The predicted octanol–water partition coefficient (Wildman–Crippen LogP) is 3.50. The molecular formula is C15H12N4OS2. The molecule has 4 aromatic heterocycles. The van der Waals surface area contributed by atoms with Crippen LogP contribution in [0.1, 0.15) is 28.2 Å². The van der Waals surface area contributed by atoms with Gasteiger partial charge in [-0.05, 0) is 24.6 Å². The summed E-state index contributed by atoms with van der Waals surface area (Å²) in [6.07, 6.45) is 5.46. The highest BCUT2D eigenvalue weighted by Gasteiger charge is 2.17. The zero-order valence-corrected chi connectivity index (χ0v) is 13.3. The number of nitrogens with one attached hydrogen (secondary N) is 1. The number of thiazole rings is 1. The third-order valence-electron chi connectivity index (χ3n) is 3.50. The van der Waals surface area contributed by atoms with E-state index in [9.17, 15) is 4.79 Å². The minimum Gasteiger partial charge on any atom is -0.345 e. The number of fused-ring (bicyclic) bond motifs is 3. The number of carbonyl (C=O) groups excluding carboxylic acids is 1. The van der Waals surface area contributed by atoms with Crippen LogP contribution in [-0.4, -0.2) is 20.3 Å². The molecule has 7 heteroatoms. The molecule has 0 fully saturated rings. The third-order valence-corrected chi connectivity index (χ3v) is 5.27. The molecule has 1 unspecified atom stereocenters. The van der Waals surface area contributed by atoms with Gasteiger partial charge in [-0.1, -0.05) is 6.07 Å². The Morgan fingerprint density at radius 2 is 2.36 bits per heavy atom. The second kappa shape index (κ2) is 5.19. The first-order valence-corrected chi connectivity index (χ1v) is 8.48. The fourth-order valence-corrected chi connectivity index (χ4v) is 4.05. The Kier molecular flexibility index (Phi) is 3.16. The van der Waals surface area contributed by atoms with Gasteiger partial charge in [0.05, 0.1) is 16.4 Å². The quantitative estimate of drug-likeness (QED) is 0.626. The van der Waals surface area contributed by atoms with Crippen LogP contribution in [0.25, 0.3) is 15.3 Å². The topological polar surface area (TPSA) is 59.3 Å². The SMILES string of the molecule is CC(NC(=O)c1cc2c(nc3sccn32)s1)c1cccnc1. The van der Waals surface area contributed by atoms with Gasteiger partial charge in [-0.2, -0.15) is 0 Å². The summed E-state index contributed by atoms with van der Waals surface area (Å²) in [6, 6.07) is 5.64. The van der Waals surface area contributed by atoms with Gasteiger partial charge < -0.3 is 5.32 Å². The van der Waals surface area contributed by atoms with Crippen molar-refractivity contribution in [2.45, 2.75) is 13.0 Å². The van der Waals surface area contributed by atoms with Gasteiger partial charge in [0.2, 0.25) is 0 Å². The van der Waals surface area contributed by atoms with E-state index in [1.165, 1.54) is 11.3 Å². The highest BCUT2D eigenvalue weighted by atomic mass is 32.1. The molecule has 4 aromatic rings. The summed E-state index contributed by atoms with van der Waals surface area (Å²) < 4.78 is 2.01. The first kappa shape index (κ1) is 13.4. The molecule has 0 spiro atoms. The van der Waals surface area contributed by atoms with Crippen LogP contribution >= 0.6 is 22.7 Å². The summed E-state index contributed by atoms with van der Waals surface area (Å²) in [7, 11) is 0. The summed E-state index contributed by atoms with van der Waals surface area (Å²) in [4.78, 5) is 23.5. The molecule has 0 aliphatic heterocycles. The fourth-order valence-electron chi connectivity index (χ4n) is 2.34. The maximum Gasteiger partial charge on any atom is 0.261 e. The Morgan fingerprint density at radius 1 is 1.45 bits per heavy atom. The van der Waals surface area contributed by atoms with Gasteiger partial charge in [-0.3, -0.25) is 14.2 Å². The molecule has 0 saturated carbocycles. The van der Waals surface area contributed by atoms with Crippen LogP contribution in [0.3, 0.4) is 0 Å². The number of carbonyl (C=O) groups is 1. The van der Waals surface area contributed by atoms with E-state index in [2.05, 4.69) is 15.3 Å². The van der Waals surface area contributed by atoms with Gasteiger partial charge in [0.15, 0.2) is 4.96 Å². The minimum absolute atomic E-state index is 0.0802. The van der Waals surface area contributed by atoms with E-state index < -0.39 is 0 Å². The Labute approximate surface area is 134 Å². The predicted molar refractivity (Wildman–Crippen MR) is 88.6 cm³/mol. The van der Waals surface area contributed by atoms with Gasteiger partial charge in [-0.25, -0.2) is 4.98 Å². The number of rotatable bonds is 3. The Morgan fingerprint density at radius 3 is 3.18 bits per heavy atom. The van der Waals surface area contributed by atoms with Crippen molar-refractivity contribution in [2.75, 3.05) is 0 Å². The lowest BCUT2D eigenvalue weighted by Crippen LogP contribution is -2.25. The molecule has 110 valence electrons. The normalized spacial score (nSPS) is 12.8. The molecule has 0 aliphatic rings. The second-order valence-electron chi connectivity index (χ2n) is 4.95. The van der Waals surface area contributed by atoms with Gasteiger partial charge in [0, 0.05) is 24.0 Å². The number of aromatic nitrogens is 3. The van der Waals surface area contributed by atoms with Crippen LogP contribution in [0.4, 0.5) is 0 Å². The number of amides is 1. The first-order valence-electron chi connectivity index (χ1n) is 6.78. The van der Waals surface area contributed by atoms with E-state index in [0.29, 0.717) is 4.88 Å². The maximum absolute atomic E-state index is 12.4. The number of hydrogen-bond donors (Lipinski definition) is 1. The van der Waals surface area contributed by atoms with Gasteiger partial charge >= 0.3 is 0 Å². The van der Waals surface area contributed by atoms with Gasteiger partial charge in [-0.15, -0.1) is 22.7 Å². The lowest BCUT2D eigenvalue weighted by Gasteiger charge is -2.12. The third kappa shape index (κ3) is 2.18. The molecular weight excluding hydrogens is 316 g/mol. The number of pyridine rings is 1. The Balaban J connectivity index is 1.60. The van der Waals surface area contributed by atoms with E-state index in [0.717, 1.165) is 20.9 Å². The first-order chi connectivity index (χ1) is 10.7. The van der Waals surface area contributed by atoms with E-state index in [-0.39, 0.29) is 11.9 Å². The number of hydrogen-bond acceptors (Lipinski definition) is 5. The average Bonchev–Trinajstić information content (AvgIpc) is 3.19. The molecule has 4 heterocycles. The van der Waals surface area contributed by atoms with Crippen LogP contribution in [0, 0.1) is 0 Å². The summed E-state index contributed by atoms with van der Waals surface area (Å²) in [5.74, 6) is -0.0802. The number of thiophene rings is 1. The van der Waals surface area contributed by atoms with E-state index in [1.54, 1.807) is 23.7 Å². The van der Waals surface area contributed by atoms with Crippen LogP contribution < -0.4 is 5.32 Å². The molecule has 1 atom stereocenters. The lowest BCUT2D eigenvalue weighted by atomic mass is 10.1. The van der Waals surface area contributed by atoms with Crippen LogP contribution in [0.5, 0.6) is 0 Å². The van der Waals surface area contributed by atoms with Crippen molar-refractivity contribution in [2.24, 2.45) is 0 Å². The second-order valence-corrected chi connectivity index (χ2v) is 6.85. The zero-order chi connectivity index (χ0) is 15.1. The standard InChI is InChI=1S/C15H12N4OS2/c1-9(10-3-2-4-16-8-10)17-13(20)12-7-11-14(22-12)18-15-19(11)5-6-21-15/h2-9H,1H3,(H,17,20). The summed E-state index contributed by atoms with van der Waals surface area (Å²) >= 11 is 3.01. The molecule has 5 nitrogen and oxygen atoms in total. The summed E-state index contributed by atoms with van der Waals surface area (Å²) in [5.41, 5.74) is 1.97. The largest absolute Gasteiger partial charge is 0.345 e. The Hall–Kier alpha value is -2.25. The van der Waals surface area contributed by atoms with Crippen LogP contribution in [0.2, 0.25) is 0 Å². The van der Waals surface area contributed by atoms with Crippen molar-refractivity contribution in [1.82, 2.24) is 19.7 Å². The lowest BCUT2D eigenvalue weighted by molar-refractivity contribution is 0.0944. The smallest absolute Gasteiger partial charge is 0.261 e. The molecule has 22 heavy (non-hydrogen) atoms. The van der Waals surface area contributed by atoms with Crippen molar-refractivity contribution in [3.05, 3.63) is 52.6 Å². The monoisotopic (exact) mass is 328 g/mol.